The second kappa shape index (κ2) is 6.76. The number of hydrogen-bond donors (Lipinski definition) is 0. The molecule has 20 heavy (non-hydrogen) atoms. The maximum absolute atomic E-state index is 12.2. The molecular weight excluding hydrogens is 252 g/mol. The van der Waals surface area contributed by atoms with Gasteiger partial charge in [-0.1, -0.05) is 12.1 Å². The molecule has 1 aliphatic rings. The van der Waals surface area contributed by atoms with Crippen molar-refractivity contribution in [1.82, 2.24) is 4.90 Å². The van der Waals surface area contributed by atoms with Crippen LogP contribution in [-0.2, 0) is 4.79 Å². The fourth-order valence-electron chi connectivity index (χ4n) is 2.23. The van der Waals surface area contributed by atoms with E-state index in [4.69, 9.17) is 10.00 Å². The first-order chi connectivity index (χ1) is 9.74. The van der Waals surface area contributed by atoms with Crippen molar-refractivity contribution >= 4 is 12.0 Å². The molecule has 1 aliphatic heterocycles. The molecule has 0 unspecified atom stereocenters. The van der Waals surface area contributed by atoms with Gasteiger partial charge in [0.15, 0.2) is 0 Å². The maximum Gasteiger partial charge on any atom is 0.264 e. The third kappa shape index (κ3) is 3.39. The molecule has 1 amide bonds. The normalized spacial score (nSPS) is 15.0. The van der Waals surface area contributed by atoms with E-state index in [2.05, 4.69) is 0 Å². The Morgan fingerprint density at radius 3 is 2.55 bits per heavy atom. The summed E-state index contributed by atoms with van der Waals surface area (Å²) in [6, 6.07) is 9.38. The second-order valence-electron chi connectivity index (χ2n) is 4.67. The van der Waals surface area contributed by atoms with Gasteiger partial charge in [-0.25, -0.2) is 0 Å². The van der Waals surface area contributed by atoms with E-state index in [-0.39, 0.29) is 11.5 Å². The first-order valence-electron chi connectivity index (χ1n) is 6.88. The molecule has 0 radical (unpaired) electrons. The van der Waals surface area contributed by atoms with Crippen LogP contribution in [0.3, 0.4) is 0 Å². The van der Waals surface area contributed by atoms with Crippen molar-refractivity contribution < 1.29 is 9.53 Å². The lowest BCUT2D eigenvalue weighted by Gasteiger charge is -2.14. The van der Waals surface area contributed by atoms with Crippen LogP contribution in [0.5, 0.6) is 5.75 Å². The van der Waals surface area contributed by atoms with Crippen LogP contribution < -0.4 is 4.74 Å². The quantitative estimate of drug-likeness (QED) is 0.624. The van der Waals surface area contributed by atoms with Crippen LogP contribution in [-0.4, -0.2) is 30.5 Å². The lowest BCUT2D eigenvalue weighted by Crippen LogP contribution is -2.28. The van der Waals surface area contributed by atoms with Crippen molar-refractivity contribution in [2.24, 2.45) is 0 Å². The zero-order chi connectivity index (χ0) is 14.4. The maximum atomic E-state index is 12.2. The molecule has 0 atom stereocenters. The first kappa shape index (κ1) is 14.1. The Bertz CT molecular complexity index is 535. The molecular formula is C16H18N2O2. The molecule has 1 fully saturated rings. The van der Waals surface area contributed by atoms with Gasteiger partial charge in [0.25, 0.3) is 5.91 Å². The molecule has 1 aromatic carbocycles. The highest BCUT2D eigenvalue weighted by molar-refractivity contribution is 6.01. The molecule has 0 bridgehead atoms. The third-order valence-electron chi connectivity index (χ3n) is 3.25. The number of amides is 1. The highest BCUT2D eigenvalue weighted by Crippen LogP contribution is 2.17. The Morgan fingerprint density at radius 2 is 2.00 bits per heavy atom. The summed E-state index contributed by atoms with van der Waals surface area (Å²) in [5, 5.41) is 9.17. The molecule has 1 aromatic rings. The smallest absolute Gasteiger partial charge is 0.264 e. The molecule has 0 N–H and O–H groups in total. The minimum absolute atomic E-state index is 0.168. The highest BCUT2D eigenvalue weighted by atomic mass is 16.5. The van der Waals surface area contributed by atoms with Crippen LogP contribution in [0.15, 0.2) is 29.8 Å². The van der Waals surface area contributed by atoms with E-state index in [1.54, 1.807) is 11.0 Å². The van der Waals surface area contributed by atoms with E-state index in [0.717, 1.165) is 37.2 Å². The molecule has 0 saturated carbocycles. The number of carbonyl (C=O) groups is 1. The number of likely N-dealkylation sites (tertiary alicyclic amines) is 1. The number of ether oxygens (including phenoxy) is 1. The largest absolute Gasteiger partial charge is 0.494 e. The van der Waals surface area contributed by atoms with Crippen molar-refractivity contribution in [3.8, 4) is 11.8 Å². The van der Waals surface area contributed by atoms with Gasteiger partial charge >= 0.3 is 0 Å². The minimum atomic E-state index is -0.168. The predicted octanol–water partition coefficient (Wildman–Crippen LogP) is 2.61. The summed E-state index contributed by atoms with van der Waals surface area (Å²) in [6.45, 7) is 4.05. The highest BCUT2D eigenvalue weighted by Gasteiger charge is 2.21. The van der Waals surface area contributed by atoms with Gasteiger partial charge in [0.2, 0.25) is 0 Å². The molecule has 0 aromatic heterocycles. The standard InChI is InChI=1S/C16H18N2O2/c1-2-20-15-7-5-13(6-8-15)11-14(12-17)16(19)18-9-3-4-10-18/h5-8,11H,2-4,9-10H2,1H3/b14-11+. The van der Waals surface area contributed by atoms with E-state index in [1.165, 1.54) is 0 Å². The van der Waals surface area contributed by atoms with Crippen molar-refractivity contribution in [2.45, 2.75) is 19.8 Å². The predicted molar refractivity (Wildman–Crippen MR) is 77.0 cm³/mol. The molecule has 4 heteroatoms. The molecule has 2 rings (SSSR count). The van der Waals surface area contributed by atoms with Crippen LogP contribution in [0.2, 0.25) is 0 Å². The monoisotopic (exact) mass is 270 g/mol. The van der Waals surface area contributed by atoms with Crippen LogP contribution >= 0.6 is 0 Å². The molecule has 0 spiro atoms. The van der Waals surface area contributed by atoms with E-state index in [9.17, 15) is 4.79 Å². The molecule has 1 heterocycles. The van der Waals surface area contributed by atoms with Crippen LogP contribution in [0, 0.1) is 11.3 Å². The van der Waals surface area contributed by atoms with Gasteiger partial charge in [-0.15, -0.1) is 0 Å². The number of benzene rings is 1. The Balaban J connectivity index is 2.13. The average Bonchev–Trinajstić information content (AvgIpc) is 3.00. The summed E-state index contributed by atoms with van der Waals surface area (Å²) in [5.41, 5.74) is 1.02. The van der Waals surface area contributed by atoms with Gasteiger partial charge in [0.1, 0.15) is 17.4 Å². The van der Waals surface area contributed by atoms with E-state index < -0.39 is 0 Å². The number of rotatable bonds is 4. The molecule has 1 saturated heterocycles. The Labute approximate surface area is 119 Å². The second-order valence-corrected chi connectivity index (χ2v) is 4.67. The number of hydrogen-bond acceptors (Lipinski definition) is 3. The van der Waals surface area contributed by atoms with Crippen LogP contribution in [0.4, 0.5) is 0 Å². The fraction of sp³-hybridized carbons (Fsp3) is 0.375. The average molecular weight is 270 g/mol. The summed E-state index contributed by atoms with van der Waals surface area (Å²) < 4.78 is 5.36. The third-order valence-corrected chi connectivity index (χ3v) is 3.25. The van der Waals surface area contributed by atoms with Crippen LogP contribution in [0.25, 0.3) is 6.08 Å². The fourth-order valence-corrected chi connectivity index (χ4v) is 2.23. The Morgan fingerprint density at radius 1 is 1.35 bits per heavy atom. The van der Waals surface area contributed by atoms with Gasteiger partial charge in [-0.3, -0.25) is 4.79 Å². The SMILES string of the molecule is CCOc1ccc(/C=C(\C#N)C(=O)N2CCCC2)cc1. The Kier molecular flexibility index (Phi) is 4.78. The Hall–Kier alpha value is -2.28. The zero-order valence-electron chi connectivity index (χ0n) is 11.6. The summed E-state index contributed by atoms with van der Waals surface area (Å²) in [7, 11) is 0. The van der Waals surface area contributed by atoms with Crippen molar-refractivity contribution in [3.63, 3.8) is 0 Å². The lowest BCUT2D eigenvalue weighted by atomic mass is 10.1. The molecule has 104 valence electrons. The number of nitriles is 1. The van der Waals surface area contributed by atoms with E-state index in [1.807, 2.05) is 37.3 Å². The van der Waals surface area contributed by atoms with Crippen molar-refractivity contribution in [3.05, 3.63) is 35.4 Å². The molecule has 0 aliphatic carbocycles. The van der Waals surface area contributed by atoms with Crippen molar-refractivity contribution in [1.29, 1.82) is 5.26 Å². The van der Waals surface area contributed by atoms with Gasteiger partial charge in [-0.05, 0) is 43.5 Å². The van der Waals surface area contributed by atoms with Crippen molar-refractivity contribution in [2.75, 3.05) is 19.7 Å². The number of nitrogens with zero attached hydrogens (tertiary/aromatic N) is 2. The summed E-state index contributed by atoms with van der Waals surface area (Å²) in [4.78, 5) is 13.9. The van der Waals surface area contributed by atoms with Gasteiger partial charge in [-0.2, -0.15) is 5.26 Å². The van der Waals surface area contributed by atoms with Crippen LogP contribution in [0.1, 0.15) is 25.3 Å². The summed E-state index contributed by atoms with van der Waals surface area (Å²) in [5.74, 6) is 0.618. The van der Waals surface area contributed by atoms with Gasteiger partial charge in [0.05, 0.1) is 6.61 Å². The summed E-state index contributed by atoms with van der Waals surface area (Å²) >= 11 is 0. The van der Waals surface area contributed by atoms with Gasteiger partial charge < -0.3 is 9.64 Å². The van der Waals surface area contributed by atoms with Gasteiger partial charge in [0, 0.05) is 13.1 Å². The summed E-state index contributed by atoms with van der Waals surface area (Å²) in [6.07, 6.45) is 3.68. The minimum Gasteiger partial charge on any atom is -0.494 e. The molecule has 4 nitrogen and oxygen atoms in total. The first-order valence-corrected chi connectivity index (χ1v) is 6.88. The topological polar surface area (TPSA) is 53.3 Å². The zero-order valence-corrected chi connectivity index (χ0v) is 11.6. The van der Waals surface area contributed by atoms with E-state index in [0.29, 0.717) is 6.61 Å². The number of carbonyl (C=O) groups excluding carboxylic acids is 1. The lowest BCUT2D eigenvalue weighted by molar-refractivity contribution is -0.125. The van der Waals surface area contributed by atoms with E-state index >= 15 is 0 Å².